The van der Waals surface area contributed by atoms with Crippen LogP contribution in [0.4, 0.5) is 9.93 Å². The third-order valence-electron chi connectivity index (χ3n) is 4.14. The molecule has 3 rings (SSSR count). The fourth-order valence-electron chi connectivity index (χ4n) is 2.85. The first-order valence-electron chi connectivity index (χ1n) is 7.29. The molecule has 2 heterocycles. The van der Waals surface area contributed by atoms with Gasteiger partial charge in [-0.1, -0.05) is 30.3 Å². The Kier molecular flexibility index (Phi) is 4.02. The van der Waals surface area contributed by atoms with E-state index in [1.54, 1.807) is 4.90 Å². The first-order valence-corrected chi connectivity index (χ1v) is 8.17. The van der Waals surface area contributed by atoms with Gasteiger partial charge in [0.15, 0.2) is 5.13 Å². The second-order valence-corrected chi connectivity index (χ2v) is 6.53. The normalized spacial score (nSPS) is 21.0. The Morgan fingerprint density at radius 1 is 1.45 bits per heavy atom. The van der Waals surface area contributed by atoms with Crippen molar-refractivity contribution in [1.82, 2.24) is 9.88 Å². The zero-order chi connectivity index (χ0) is 15.6. The topological polar surface area (TPSA) is 68.5 Å². The Morgan fingerprint density at radius 3 is 2.91 bits per heavy atom. The maximum Gasteiger partial charge on any atom is 0.410 e. The second kappa shape index (κ2) is 5.96. The number of thiazole rings is 1. The molecular weight excluding hydrogens is 298 g/mol. The van der Waals surface area contributed by atoms with Crippen LogP contribution < -0.4 is 5.73 Å². The van der Waals surface area contributed by atoms with E-state index in [0.29, 0.717) is 11.7 Å². The van der Waals surface area contributed by atoms with E-state index in [0.717, 1.165) is 24.1 Å². The van der Waals surface area contributed by atoms with Gasteiger partial charge in [0.05, 0.1) is 11.2 Å². The average molecular weight is 317 g/mol. The van der Waals surface area contributed by atoms with Crippen molar-refractivity contribution >= 4 is 22.6 Å². The number of anilines is 1. The highest BCUT2D eigenvalue weighted by molar-refractivity contribution is 7.13. The summed E-state index contributed by atoms with van der Waals surface area (Å²) in [6.07, 6.45) is 1.51. The molecule has 2 N–H and O–H groups in total. The fraction of sp³-hybridized carbons (Fsp3) is 0.375. The summed E-state index contributed by atoms with van der Waals surface area (Å²) in [5, 5.41) is 2.46. The lowest BCUT2D eigenvalue weighted by molar-refractivity contribution is 0.0682. The van der Waals surface area contributed by atoms with Gasteiger partial charge in [-0.2, -0.15) is 0 Å². The van der Waals surface area contributed by atoms with Crippen LogP contribution in [0.1, 0.15) is 31.0 Å². The van der Waals surface area contributed by atoms with Crippen molar-refractivity contribution in [1.29, 1.82) is 0 Å². The van der Waals surface area contributed by atoms with Crippen LogP contribution in [0.2, 0.25) is 0 Å². The zero-order valence-corrected chi connectivity index (χ0v) is 13.3. The minimum atomic E-state index is -0.429. The smallest absolute Gasteiger partial charge is 0.410 e. The molecular formula is C16H19N3O2S. The van der Waals surface area contributed by atoms with Crippen molar-refractivity contribution in [2.75, 3.05) is 12.3 Å². The van der Waals surface area contributed by atoms with Gasteiger partial charge in [0.25, 0.3) is 0 Å². The number of aromatic nitrogens is 1. The number of hydrogen-bond acceptors (Lipinski definition) is 5. The van der Waals surface area contributed by atoms with E-state index in [-0.39, 0.29) is 12.7 Å². The molecule has 0 aliphatic carbocycles. The number of benzene rings is 1. The largest absolute Gasteiger partial charge is 0.445 e. The molecule has 1 aliphatic rings. The molecule has 0 spiro atoms. The number of ether oxygens (including phenoxy) is 1. The Hall–Kier alpha value is -2.08. The minimum Gasteiger partial charge on any atom is -0.445 e. The number of nitrogens with two attached hydrogens (primary N) is 1. The summed E-state index contributed by atoms with van der Waals surface area (Å²) in [7, 11) is 0. The summed E-state index contributed by atoms with van der Waals surface area (Å²) >= 11 is 1.40. The quantitative estimate of drug-likeness (QED) is 0.942. The summed E-state index contributed by atoms with van der Waals surface area (Å²) in [5.74, 6) is 0. The van der Waals surface area contributed by atoms with Crippen LogP contribution in [0, 0.1) is 0 Å². The highest BCUT2D eigenvalue weighted by Gasteiger charge is 2.43. The third-order valence-corrected chi connectivity index (χ3v) is 4.81. The predicted octanol–water partition coefficient (Wildman–Crippen LogP) is 3.37. The summed E-state index contributed by atoms with van der Waals surface area (Å²) in [6.45, 7) is 2.99. The number of hydrogen-bond donors (Lipinski definition) is 1. The molecule has 5 nitrogen and oxygen atoms in total. The van der Waals surface area contributed by atoms with E-state index in [4.69, 9.17) is 10.5 Å². The third kappa shape index (κ3) is 2.78. The molecule has 1 aliphatic heterocycles. The van der Waals surface area contributed by atoms with E-state index in [1.807, 2.05) is 42.6 Å². The van der Waals surface area contributed by atoms with Crippen molar-refractivity contribution in [2.24, 2.45) is 0 Å². The monoisotopic (exact) mass is 317 g/mol. The molecule has 1 amide bonds. The molecule has 1 aromatic heterocycles. The van der Waals surface area contributed by atoms with Crippen molar-refractivity contribution in [3.63, 3.8) is 0 Å². The lowest BCUT2D eigenvalue weighted by atomic mass is 9.96. The molecule has 1 saturated heterocycles. The summed E-state index contributed by atoms with van der Waals surface area (Å²) in [6, 6.07) is 9.69. The Morgan fingerprint density at radius 2 is 2.23 bits per heavy atom. The number of carbonyl (C=O) groups is 1. The van der Waals surface area contributed by atoms with Crippen molar-refractivity contribution in [2.45, 2.75) is 31.9 Å². The Balaban J connectivity index is 1.71. The molecule has 1 fully saturated rings. The maximum atomic E-state index is 12.5. The molecule has 0 saturated carbocycles. The van der Waals surface area contributed by atoms with E-state index in [2.05, 4.69) is 4.98 Å². The molecule has 1 atom stereocenters. The lowest BCUT2D eigenvalue weighted by Crippen LogP contribution is -2.43. The van der Waals surface area contributed by atoms with E-state index in [1.165, 1.54) is 11.3 Å². The van der Waals surface area contributed by atoms with Crippen molar-refractivity contribution in [3.8, 4) is 0 Å². The molecule has 22 heavy (non-hydrogen) atoms. The molecule has 1 unspecified atom stereocenters. The summed E-state index contributed by atoms with van der Waals surface area (Å²) in [4.78, 5) is 18.6. The van der Waals surface area contributed by atoms with E-state index < -0.39 is 5.54 Å². The van der Waals surface area contributed by atoms with Crippen LogP contribution in [0.5, 0.6) is 0 Å². The minimum absolute atomic E-state index is 0.283. The number of amides is 1. The molecule has 0 bridgehead atoms. The first-order chi connectivity index (χ1) is 10.6. The van der Waals surface area contributed by atoms with Gasteiger partial charge in [0.2, 0.25) is 0 Å². The average Bonchev–Trinajstić information content (AvgIpc) is 3.13. The number of likely N-dealkylation sites (tertiary alicyclic amines) is 1. The van der Waals surface area contributed by atoms with Gasteiger partial charge >= 0.3 is 6.09 Å². The highest BCUT2D eigenvalue weighted by Crippen LogP contribution is 2.39. The fourth-order valence-corrected chi connectivity index (χ4v) is 3.54. The van der Waals surface area contributed by atoms with Gasteiger partial charge in [-0.15, -0.1) is 11.3 Å². The first kappa shape index (κ1) is 14.8. The van der Waals surface area contributed by atoms with E-state index in [9.17, 15) is 4.79 Å². The van der Waals surface area contributed by atoms with Gasteiger partial charge in [-0.3, -0.25) is 4.90 Å². The van der Waals surface area contributed by atoms with Crippen LogP contribution in [0.25, 0.3) is 0 Å². The van der Waals surface area contributed by atoms with Crippen LogP contribution in [0.15, 0.2) is 35.7 Å². The number of carbonyl (C=O) groups excluding carboxylic acids is 1. The zero-order valence-electron chi connectivity index (χ0n) is 12.5. The summed E-state index contributed by atoms with van der Waals surface area (Å²) in [5.41, 5.74) is 7.14. The number of nitrogens with zero attached hydrogens (tertiary/aromatic N) is 2. The number of rotatable bonds is 3. The summed E-state index contributed by atoms with van der Waals surface area (Å²) < 4.78 is 5.47. The van der Waals surface area contributed by atoms with Crippen molar-refractivity contribution < 1.29 is 9.53 Å². The maximum absolute atomic E-state index is 12.5. The van der Waals surface area contributed by atoms with Gasteiger partial charge < -0.3 is 10.5 Å². The SMILES string of the molecule is CC1(c2csc(N)n2)CCCN1C(=O)OCc1ccccc1. The van der Waals surface area contributed by atoms with Crippen LogP contribution in [0.3, 0.4) is 0 Å². The standard InChI is InChI=1S/C16H19N3O2S/c1-16(13-11-22-14(17)18-13)8-5-9-19(16)15(20)21-10-12-6-3-2-4-7-12/h2-4,6-7,11H,5,8-10H2,1H3,(H2,17,18). The molecule has 1 aromatic carbocycles. The van der Waals surface area contributed by atoms with Gasteiger partial charge in [0, 0.05) is 11.9 Å². The van der Waals surface area contributed by atoms with Crippen molar-refractivity contribution in [3.05, 3.63) is 47.0 Å². The predicted molar refractivity (Wildman–Crippen MR) is 86.4 cm³/mol. The lowest BCUT2D eigenvalue weighted by Gasteiger charge is -2.33. The molecule has 2 aromatic rings. The number of nitrogen functional groups attached to an aromatic ring is 1. The second-order valence-electron chi connectivity index (χ2n) is 5.64. The van der Waals surface area contributed by atoms with Gasteiger partial charge in [-0.05, 0) is 25.3 Å². The molecule has 116 valence electrons. The van der Waals surface area contributed by atoms with Gasteiger partial charge in [-0.25, -0.2) is 9.78 Å². The molecule has 6 heteroatoms. The highest BCUT2D eigenvalue weighted by atomic mass is 32.1. The Bertz CT molecular complexity index is 658. The van der Waals surface area contributed by atoms with E-state index >= 15 is 0 Å². The Labute approximate surface area is 133 Å². The van der Waals surface area contributed by atoms with Gasteiger partial charge in [0.1, 0.15) is 6.61 Å². The van der Waals surface area contributed by atoms with Crippen LogP contribution >= 0.6 is 11.3 Å². The van der Waals surface area contributed by atoms with Crippen LogP contribution in [-0.4, -0.2) is 22.5 Å². The molecule has 0 radical (unpaired) electrons. The van der Waals surface area contributed by atoms with Crippen LogP contribution in [-0.2, 0) is 16.9 Å².